The van der Waals surface area contributed by atoms with Crippen molar-refractivity contribution in [3.8, 4) is 6.07 Å². The molecule has 1 aliphatic rings. The summed E-state index contributed by atoms with van der Waals surface area (Å²) in [6, 6.07) is 10.6. The van der Waals surface area contributed by atoms with Crippen LogP contribution in [0.1, 0.15) is 42.9 Å². The predicted octanol–water partition coefficient (Wildman–Crippen LogP) is 3.66. The van der Waals surface area contributed by atoms with Crippen LogP contribution in [0.15, 0.2) is 36.9 Å². The van der Waals surface area contributed by atoms with Crippen molar-refractivity contribution in [2.45, 2.75) is 31.7 Å². The number of nitriles is 1. The van der Waals surface area contributed by atoms with Gasteiger partial charge in [-0.25, -0.2) is 0 Å². The zero-order valence-corrected chi connectivity index (χ0v) is 10.8. The summed E-state index contributed by atoms with van der Waals surface area (Å²) in [7, 11) is 0. The predicted molar refractivity (Wildman–Crippen MR) is 74.1 cm³/mol. The lowest BCUT2D eigenvalue weighted by molar-refractivity contribution is 0.164. The van der Waals surface area contributed by atoms with Gasteiger partial charge in [-0.3, -0.25) is 4.90 Å². The third-order valence-corrected chi connectivity index (χ3v) is 3.65. The molecule has 1 aromatic rings. The number of piperidine rings is 1. The van der Waals surface area contributed by atoms with Gasteiger partial charge >= 0.3 is 0 Å². The fraction of sp³-hybridized carbons (Fsp3) is 0.438. The number of hydrogen-bond acceptors (Lipinski definition) is 2. The van der Waals surface area contributed by atoms with E-state index in [2.05, 4.69) is 29.7 Å². The molecule has 1 heterocycles. The monoisotopic (exact) mass is 240 g/mol. The molecule has 1 saturated heterocycles. The summed E-state index contributed by atoms with van der Waals surface area (Å²) in [5.41, 5.74) is 2.03. The average Bonchev–Trinajstić information content (AvgIpc) is 2.46. The van der Waals surface area contributed by atoms with Crippen LogP contribution < -0.4 is 0 Å². The number of nitrogens with zero attached hydrogens (tertiary/aromatic N) is 2. The minimum absolute atomic E-state index is 0.426. The van der Waals surface area contributed by atoms with E-state index in [0.717, 1.165) is 12.0 Å². The highest BCUT2D eigenvalue weighted by atomic mass is 15.2. The van der Waals surface area contributed by atoms with E-state index >= 15 is 0 Å². The van der Waals surface area contributed by atoms with Crippen molar-refractivity contribution in [1.82, 2.24) is 4.90 Å². The minimum atomic E-state index is 0.426. The maximum absolute atomic E-state index is 8.84. The quantitative estimate of drug-likeness (QED) is 0.751. The number of benzene rings is 1. The highest BCUT2D eigenvalue weighted by Gasteiger charge is 2.20. The molecule has 2 rings (SSSR count). The SMILES string of the molecule is C=CCC(c1ccc(C#N)cc1)N1CCCCC1. The smallest absolute Gasteiger partial charge is 0.0991 e. The Balaban J connectivity index is 2.17. The number of rotatable bonds is 4. The molecule has 94 valence electrons. The molecule has 2 nitrogen and oxygen atoms in total. The fourth-order valence-corrected chi connectivity index (χ4v) is 2.66. The highest BCUT2D eigenvalue weighted by molar-refractivity contribution is 5.33. The Kier molecular flexibility index (Phi) is 4.55. The van der Waals surface area contributed by atoms with Gasteiger partial charge in [0.05, 0.1) is 11.6 Å². The number of hydrogen-bond donors (Lipinski definition) is 0. The second kappa shape index (κ2) is 6.37. The van der Waals surface area contributed by atoms with E-state index in [0.29, 0.717) is 6.04 Å². The Hall–Kier alpha value is -1.59. The van der Waals surface area contributed by atoms with Crippen LogP contribution in [0.2, 0.25) is 0 Å². The lowest BCUT2D eigenvalue weighted by Crippen LogP contribution is -2.33. The van der Waals surface area contributed by atoms with Crippen LogP contribution in [-0.4, -0.2) is 18.0 Å². The lowest BCUT2D eigenvalue weighted by Gasteiger charge is -2.34. The average molecular weight is 240 g/mol. The molecule has 0 radical (unpaired) electrons. The largest absolute Gasteiger partial charge is 0.296 e. The molecule has 1 aromatic carbocycles. The van der Waals surface area contributed by atoms with Gasteiger partial charge in [0.25, 0.3) is 0 Å². The van der Waals surface area contributed by atoms with Crippen molar-refractivity contribution in [3.05, 3.63) is 48.0 Å². The Morgan fingerprint density at radius 2 is 1.89 bits per heavy atom. The zero-order valence-electron chi connectivity index (χ0n) is 10.8. The molecule has 18 heavy (non-hydrogen) atoms. The molecule has 1 unspecified atom stereocenters. The van der Waals surface area contributed by atoms with Crippen LogP contribution in [0.3, 0.4) is 0 Å². The van der Waals surface area contributed by atoms with Gasteiger partial charge < -0.3 is 0 Å². The zero-order chi connectivity index (χ0) is 12.8. The van der Waals surface area contributed by atoms with Gasteiger partial charge in [0.15, 0.2) is 0 Å². The Morgan fingerprint density at radius 1 is 1.22 bits per heavy atom. The Bertz CT molecular complexity index is 421. The van der Waals surface area contributed by atoms with Gasteiger partial charge in [0.1, 0.15) is 0 Å². The summed E-state index contributed by atoms with van der Waals surface area (Å²) < 4.78 is 0. The summed E-state index contributed by atoms with van der Waals surface area (Å²) >= 11 is 0. The van der Waals surface area contributed by atoms with Crippen LogP contribution >= 0.6 is 0 Å². The van der Waals surface area contributed by atoms with Crippen LogP contribution in [0.5, 0.6) is 0 Å². The van der Waals surface area contributed by atoms with E-state index < -0.39 is 0 Å². The topological polar surface area (TPSA) is 27.0 Å². The van der Waals surface area contributed by atoms with Crippen LogP contribution in [0.25, 0.3) is 0 Å². The third-order valence-electron chi connectivity index (χ3n) is 3.65. The van der Waals surface area contributed by atoms with Crippen molar-refractivity contribution < 1.29 is 0 Å². The van der Waals surface area contributed by atoms with Crippen LogP contribution in [-0.2, 0) is 0 Å². The normalized spacial score (nSPS) is 17.9. The first-order valence-corrected chi connectivity index (χ1v) is 6.70. The Morgan fingerprint density at radius 3 is 2.44 bits per heavy atom. The first-order valence-electron chi connectivity index (χ1n) is 6.70. The first-order chi connectivity index (χ1) is 8.85. The molecule has 0 amide bonds. The summed E-state index contributed by atoms with van der Waals surface area (Å²) in [6.45, 7) is 6.23. The van der Waals surface area contributed by atoms with Crippen LogP contribution in [0, 0.1) is 11.3 Å². The molecule has 0 aliphatic carbocycles. The van der Waals surface area contributed by atoms with E-state index in [1.165, 1.54) is 37.9 Å². The summed E-state index contributed by atoms with van der Waals surface area (Å²) in [4.78, 5) is 2.55. The molecule has 1 aliphatic heterocycles. The molecule has 0 spiro atoms. The summed E-state index contributed by atoms with van der Waals surface area (Å²) in [5.74, 6) is 0. The fourth-order valence-electron chi connectivity index (χ4n) is 2.66. The Labute approximate surface area is 110 Å². The maximum atomic E-state index is 8.84. The lowest BCUT2D eigenvalue weighted by atomic mass is 9.98. The van der Waals surface area contributed by atoms with Gasteiger partial charge in [-0.2, -0.15) is 5.26 Å². The molecule has 0 aromatic heterocycles. The molecule has 0 saturated carbocycles. The summed E-state index contributed by atoms with van der Waals surface area (Å²) in [6.07, 6.45) is 6.92. The van der Waals surface area contributed by atoms with Crippen LogP contribution in [0.4, 0.5) is 0 Å². The van der Waals surface area contributed by atoms with Crippen molar-refractivity contribution >= 4 is 0 Å². The molecule has 2 heteroatoms. The van der Waals surface area contributed by atoms with E-state index in [9.17, 15) is 0 Å². The molecule has 0 N–H and O–H groups in total. The standard InChI is InChI=1S/C16H20N2/c1-2-6-16(18-11-4-3-5-12-18)15-9-7-14(13-17)8-10-15/h2,7-10,16H,1,3-6,11-12H2. The second-order valence-corrected chi connectivity index (χ2v) is 4.87. The van der Waals surface area contributed by atoms with Crippen molar-refractivity contribution in [3.63, 3.8) is 0 Å². The van der Waals surface area contributed by atoms with Gasteiger partial charge in [0.2, 0.25) is 0 Å². The van der Waals surface area contributed by atoms with E-state index in [1.54, 1.807) is 0 Å². The van der Waals surface area contributed by atoms with E-state index in [4.69, 9.17) is 5.26 Å². The van der Waals surface area contributed by atoms with Gasteiger partial charge in [0, 0.05) is 6.04 Å². The van der Waals surface area contributed by atoms with E-state index in [-0.39, 0.29) is 0 Å². The van der Waals surface area contributed by atoms with E-state index in [1.807, 2.05) is 18.2 Å². The van der Waals surface area contributed by atoms with Gasteiger partial charge in [-0.1, -0.05) is 24.6 Å². The van der Waals surface area contributed by atoms with Crippen molar-refractivity contribution in [1.29, 1.82) is 5.26 Å². The van der Waals surface area contributed by atoms with Crippen molar-refractivity contribution in [2.24, 2.45) is 0 Å². The molecular formula is C16H20N2. The molecule has 1 atom stereocenters. The highest BCUT2D eigenvalue weighted by Crippen LogP contribution is 2.27. The van der Waals surface area contributed by atoms with Gasteiger partial charge in [-0.15, -0.1) is 6.58 Å². The molecular weight excluding hydrogens is 220 g/mol. The minimum Gasteiger partial charge on any atom is -0.296 e. The first kappa shape index (κ1) is 12.9. The van der Waals surface area contributed by atoms with Gasteiger partial charge in [-0.05, 0) is 50.0 Å². The third kappa shape index (κ3) is 3.00. The number of likely N-dealkylation sites (tertiary alicyclic amines) is 1. The molecule has 0 bridgehead atoms. The maximum Gasteiger partial charge on any atom is 0.0991 e. The second-order valence-electron chi connectivity index (χ2n) is 4.87. The summed E-state index contributed by atoms with van der Waals surface area (Å²) in [5, 5.41) is 8.84. The van der Waals surface area contributed by atoms with Crippen molar-refractivity contribution in [2.75, 3.05) is 13.1 Å². The molecule has 1 fully saturated rings.